The van der Waals surface area contributed by atoms with Crippen LogP contribution in [0, 0.1) is 17.8 Å². The average Bonchev–Trinajstić information content (AvgIpc) is 2.02. The van der Waals surface area contributed by atoms with Crippen LogP contribution in [0.4, 0.5) is 0 Å². The summed E-state index contributed by atoms with van der Waals surface area (Å²) in [7, 11) is 0. The molecule has 2 heteroatoms. The largest absolute Gasteiger partial charge is 0.271 e. The normalized spacial score (nSPS) is 22.8. The van der Waals surface area contributed by atoms with Gasteiger partial charge in [0.25, 0.3) is 0 Å². The van der Waals surface area contributed by atoms with Gasteiger partial charge in [-0.05, 0) is 24.2 Å². The summed E-state index contributed by atoms with van der Waals surface area (Å²) >= 11 is 0. The van der Waals surface area contributed by atoms with Gasteiger partial charge in [-0.3, -0.25) is 11.3 Å². The summed E-state index contributed by atoms with van der Waals surface area (Å²) < 4.78 is 0. The Bertz CT molecular complexity index is 141. The fraction of sp³-hybridized carbons (Fsp3) is 1.00. The highest BCUT2D eigenvalue weighted by Gasteiger charge is 2.25. The van der Waals surface area contributed by atoms with Gasteiger partial charge in [0.05, 0.1) is 0 Å². The van der Waals surface area contributed by atoms with E-state index in [1.54, 1.807) is 0 Å². The number of rotatable bonds is 5. The molecule has 2 unspecified atom stereocenters. The third-order valence-electron chi connectivity index (χ3n) is 3.71. The molecule has 0 aliphatic heterocycles. The molecule has 0 aromatic rings. The SMILES string of the molecule is CC(C)C(C)C(CC1CCC1)NN. The molecule has 0 amide bonds. The van der Waals surface area contributed by atoms with Crippen molar-refractivity contribution in [2.24, 2.45) is 23.6 Å². The van der Waals surface area contributed by atoms with Gasteiger partial charge in [-0.25, -0.2) is 0 Å². The van der Waals surface area contributed by atoms with Crippen LogP contribution in [0.25, 0.3) is 0 Å². The highest BCUT2D eigenvalue weighted by molar-refractivity contribution is 4.80. The van der Waals surface area contributed by atoms with E-state index in [1.165, 1.54) is 25.7 Å². The smallest absolute Gasteiger partial charge is 0.0241 e. The number of hydrazine groups is 1. The van der Waals surface area contributed by atoms with Crippen molar-refractivity contribution < 1.29 is 0 Å². The summed E-state index contributed by atoms with van der Waals surface area (Å²) in [5, 5.41) is 0. The average molecular weight is 184 g/mol. The molecule has 0 heterocycles. The Hall–Kier alpha value is -0.0800. The minimum atomic E-state index is 0.519. The lowest BCUT2D eigenvalue weighted by molar-refractivity contribution is 0.204. The molecule has 0 saturated heterocycles. The summed E-state index contributed by atoms with van der Waals surface area (Å²) in [5.74, 6) is 7.94. The van der Waals surface area contributed by atoms with E-state index in [0.29, 0.717) is 12.0 Å². The quantitative estimate of drug-likeness (QED) is 0.508. The molecule has 1 rings (SSSR count). The van der Waals surface area contributed by atoms with Gasteiger partial charge < -0.3 is 0 Å². The van der Waals surface area contributed by atoms with Gasteiger partial charge in [0.15, 0.2) is 0 Å². The van der Waals surface area contributed by atoms with E-state index in [2.05, 4.69) is 26.2 Å². The van der Waals surface area contributed by atoms with E-state index in [9.17, 15) is 0 Å². The van der Waals surface area contributed by atoms with E-state index in [-0.39, 0.29) is 0 Å². The van der Waals surface area contributed by atoms with Gasteiger partial charge in [-0.15, -0.1) is 0 Å². The van der Waals surface area contributed by atoms with Gasteiger partial charge in [-0.1, -0.05) is 40.0 Å². The Labute approximate surface area is 82.2 Å². The van der Waals surface area contributed by atoms with E-state index in [1.807, 2.05) is 0 Å². The Balaban J connectivity index is 2.31. The molecule has 2 nitrogen and oxygen atoms in total. The second-order valence-corrected chi connectivity index (χ2v) is 4.91. The number of hydrogen-bond acceptors (Lipinski definition) is 2. The molecule has 0 aromatic heterocycles. The van der Waals surface area contributed by atoms with Gasteiger partial charge in [-0.2, -0.15) is 0 Å². The maximum absolute atomic E-state index is 5.59. The van der Waals surface area contributed by atoms with E-state index >= 15 is 0 Å². The van der Waals surface area contributed by atoms with Crippen molar-refractivity contribution in [2.45, 2.75) is 52.5 Å². The molecule has 0 spiro atoms. The molecule has 1 fully saturated rings. The van der Waals surface area contributed by atoms with Crippen LogP contribution in [0.15, 0.2) is 0 Å². The molecule has 1 aliphatic carbocycles. The fourth-order valence-corrected chi connectivity index (χ4v) is 1.99. The van der Waals surface area contributed by atoms with Crippen molar-refractivity contribution in [1.29, 1.82) is 0 Å². The standard InChI is InChI=1S/C11H24N2/c1-8(2)9(3)11(13-12)7-10-5-4-6-10/h8-11,13H,4-7,12H2,1-3H3. The summed E-state index contributed by atoms with van der Waals surface area (Å²) in [5.41, 5.74) is 2.98. The van der Waals surface area contributed by atoms with E-state index in [0.717, 1.165) is 11.8 Å². The van der Waals surface area contributed by atoms with Crippen LogP contribution in [0.2, 0.25) is 0 Å². The lowest BCUT2D eigenvalue weighted by Gasteiger charge is -2.33. The first kappa shape index (κ1) is 11.0. The molecule has 78 valence electrons. The molecule has 1 saturated carbocycles. The van der Waals surface area contributed by atoms with E-state index in [4.69, 9.17) is 5.84 Å². The zero-order valence-electron chi connectivity index (χ0n) is 9.22. The number of nitrogens with two attached hydrogens (primary N) is 1. The highest BCUT2D eigenvalue weighted by Crippen LogP contribution is 2.32. The van der Waals surface area contributed by atoms with Crippen LogP contribution >= 0.6 is 0 Å². The Morgan fingerprint density at radius 3 is 2.23 bits per heavy atom. The minimum Gasteiger partial charge on any atom is -0.271 e. The minimum absolute atomic E-state index is 0.519. The summed E-state index contributed by atoms with van der Waals surface area (Å²) in [6.07, 6.45) is 5.54. The summed E-state index contributed by atoms with van der Waals surface area (Å²) in [6, 6.07) is 0.519. The van der Waals surface area contributed by atoms with Crippen molar-refractivity contribution >= 4 is 0 Å². The maximum Gasteiger partial charge on any atom is 0.0241 e. The highest BCUT2D eigenvalue weighted by atomic mass is 15.2. The Kier molecular flexibility index (Phi) is 4.20. The summed E-state index contributed by atoms with van der Waals surface area (Å²) in [6.45, 7) is 6.85. The van der Waals surface area contributed by atoms with Crippen LogP contribution in [0.5, 0.6) is 0 Å². The van der Waals surface area contributed by atoms with Crippen LogP contribution in [0.3, 0.4) is 0 Å². The molecule has 0 aromatic carbocycles. The number of hydrogen-bond donors (Lipinski definition) is 2. The molecular weight excluding hydrogens is 160 g/mol. The molecule has 2 atom stereocenters. The predicted molar refractivity (Wildman–Crippen MR) is 57.1 cm³/mol. The first-order valence-corrected chi connectivity index (χ1v) is 5.61. The lowest BCUT2D eigenvalue weighted by Crippen LogP contribution is -2.43. The second kappa shape index (κ2) is 4.97. The van der Waals surface area contributed by atoms with Gasteiger partial charge >= 0.3 is 0 Å². The third kappa shape index (κ3) is 2.96. The zero-order chi connectivity index (χ0) is 9.84. The second-order valence-electron chi connectivity index (χ2n) is 4.91. The molecule has 0 bridgehead atoms. The van der Waals surface area contributed by atoms with Crippen molar-refractivity contribution in [3.8, 4) is 0 Å². The van der Waals surface area contributed by atoms with Crippen LogP contribution in [0.1, 0.15) is 46.5 Å². The van der Waals surface area contributed by atoms with Gasteiger partial charge in [0, 0.05) is 6.04 Å². The Morgan fingerprint density at radius 2 is 1.92 bits per heavy atom. The topological polar surface area (TPSA) is 38.0 Å². The first-order chi connectivity index (χ1) is 6.15. The predicted octanol–water partition coefficient (Wildman–Crippen LogP) is 2.30. The van der Waals surface area contributed by atoms with Gasteiger partial charge in [0.2, 0.25) is 0 Å². The molecule has 13 heavy (non-hydrogen) atoms. The van der Waals surface area contributed by atoms with Crippen molar-refractivity contribution in [3.63, 3.8) is 0 Å². The molecular formula is C11H24N2. The zero-order valence-corrected chi connectivity index (χ0v) is 9.22. The monoisotopic (exact) mass is 184 g/mol. The first-order valence-electron chi connectivity index (χ1n) is 5.61. The van der Waals surface area contributed by atoms with E-state index < -0.39 is 0 Å². The van der Waals surface area contributed by atoms with Crippen LogP contribution < -0.4 is 11.3 Å². The molecule has 3 N–H and O–H groups in total. The van der Waals surface area contributed by atoms with Crippen molar-refractivity contribution in [2.75, 3.05) is 0 Å². The third-order valence-corrected chi connectivity index (χ3v) is 3.71. The Morgan fingerprint density at radius 1 is 1.31 bits per heavy atom. The van der Waals surface area contributed by atoms with Gasteiger partial charge in [0.1, 0.15) is 0 Å². The fourth-order valence-electron chi connectivity index (χ4n) is 1.99. The molecule has 0 radical (unpaired) electrons. The molecule has 1 aliphatic rings. The lowest BCUT2D eigenvalue weighted by atomic mass is 9.77. The van der Waals surface area contributed by atoms with Crippen LogP contribution in [-0.2, 0) is 0 Å². The van der Waals surface area contributed by atoms with Crippen molar-refractivity contribution in [3.05, 3.63) is 0 Å². The van der Waals surface area contributed by atoms with Crippen LogP contribution in [-0.4, -0.2) is 6.04 Å². The van der Waals surface area contributed by atoms with Crippen molar-refractivity contribution in [1.82, 2.24) is 5.43 Å². The number of nitrogens with one attached hydrogen (secondary N) is 1. The maximum atomic E-state index is 5.59. The summed E-state index contributed by atoms with van der Waals surface area (Å²) in [4.78, 5) is 0.